The molecule has 2 nitrogen and oxygen atoms in total. The van der Waals surface area contributed by atoms with Crippen molar-refractivity contribution in [3.05, 3.63) is 129 Å². The molecule has 0 aliphatic rings. The van der Waals surface area contributed by atoms with E-state index in [1.165, 1.54) is 141 Å². The summed E-state index contributed by atoms with van der Waals surface area (Å²) >= 11 is 0. The lowest BCUT2D eigenvalue weighted by molar-refractivity contribution is 0.579. The smallest absolute Gasteiger partial charge is 0.0316 e. The lowest BCUT2D eigenvalue weighted by Crippen LogP contribution is -1.99. The lowest BCUT2D eigenvalue weighted by atomic mass is 9.94. The quantitative estimate of drug-likeness (QED) is 0.0670. The molecule has 0 aromatic heterocycles. The fourth-order valence-corrected chi connectivity index (χ4v) is 6.86. The van der Waals surface area contributed by atoms with Gasteiger partial charge in [0.25, 0.3) is 0 Å². The van der Waals surface area contributed by atoms with Crippen LogP contribution in [0.3, 0.4) is 0 Å². The summed E-state index contributed by atoms with van der Waals surface area (Å²) in [5.41, 5.74) is 25.4. The highest BCUT2D eigenvalue weighted by molar-refractivity contribution is 5.47. The van der Waals surface area contributed by atoms with Crippen molar-refractivity contribution in [2.75, 3.05) is 11.5 Å². The zero-order chi connectivity index (χ0) is 33.1. The number of anilines is 2. The summed E-state index contributed by atoms with van der Waals surface area (Å²) in [5.74, 6) is 0. The van der Waals surface area contributed by atoms with Gasteiger partial charge in [-0.3, -0.25) is 0 Å². The summed E-state index contributed by atoms with van der Waals surface area (Å²) in [7, 11) is 0. The molecule has 0 heterocycles. The molecule has 0 saturated carbocycles. The number of nitrogens with two attached hydrogens (primary N) is 2. The van der Waals surface area contributed by atoms with E-state index in [1.807, 2.05) is 0 Å². The van der Waals surface area contributed by atoms with Gasteiger partial charge < -0.3 is 11.5 Å². The van der Waals surface area contributed by atoms with Gasteiger partial charge in [-0.25, -0.2) is 0 Å². The Morgan fingerprint density at radius 3 is 1.06 bits per heavy atom. The first-order valence-electron chi connectivity index (χ1n) is 18.9. The molecular weight excluding hydrogens is 569 g/mol. The summed E-state index contributed by atoms with van der Waals surface area (Å²) < 4.78 is 0. The van der Waals surface area contributed by atoms with Crippen LogP contribution in [-0.4, -0.2) is 0 Å². The van der Waals surface area contributed by atoms with Crippen LogP contribution in [0.5, 0.6) is 0 Å². The Hall–Kier alpha value is -3.52. The predicted octanol–water partition coefficient (Wildman–Crippen LogP) is 12.0. The van der Waals surface area contributed by atoms with Gasteiger partial charge in [-0.2, -0.15) is 0 Å². The minimum atomic E-state index is 0.884. The van der Waals surface area contributed by atoms with E-state index in [1.54, 1.807) is 0 Å². The van der Waals surface area contributed by atoms with Crippen LogP contribution in [0.4, 0.5) is 11.4 Å². The highest BCUT2D eigenvalue weighted by atomic mass is 14.5. The summed E-state index contributed by atoms with van der Waals surface area (Å²) in [6.07, 6.45) is 23.5. The predicted molar refractivity (Wildman–Crippen MR) is 206 cm³/mol. The van der Waals surface area contributed by atoms with E-state index >= 15 is 0 Å². The largest absolute Gasteiger partial charge is 0.399 e. The fourth-order valence-electron chi connectivity index (χ4n) is 6.86. The van der Waals surface area contributed by atoms with Crippen molar-refractivity contribution < 1.29 is 0 Å². The van der Waals surface area contributed by atoms with Gasteiger partial charge in [-0.05, 0) is 133 Å². The molecule has 4 aromatic carbocycles. The van der Waals surface area contributed by atoms with Crippen molar-refractivity contribution >= 4 is 11.4 Å². The Morgan fingerprint density at radius 1 is 0.340 bits per heavy atom. The van der Waals surface area contributed by atoms with Gasteiger partial charge >= 0.3 is 0 Å². The third-order valence-electron chi connectivity index (χ3n) is 9.83. The Morgan fingerprint density at radius 2 is 0.681 bits per heavy atom. The number of hydrogen-bond acceptors (Lipinski definition) is 2. The van der Waals surface area contributed by atoms with Crippen LogP contribution >= 0.6 is 0 Å². The van der Waals surface area contributed by atoms with Crippen molar-refractivity contribution in [3.8, 4) is 0 Å². The second kappa shape index (κ2) is 20.7. The van der Waals surface area contributed by atoms with Gasteiger partial charge in [-0.1, -0.05) is 132 Å². The van der Waals surface area contributed by atoms with Gasteiger partial charge in [-0.15, -0.1) is 0 Å². The molecular formula is C45H62N2. The SMILES string of the molecule is CCCCCc1cc(N)ccc1Cc1ccc(CCCCCCCCCc2ccc(Cc3ccc(N)cc3CCCCC)cc2)cc1. The number of rotatable bonds is 22. The van der Waals surface area contributed by atoms with Crippen LogP contribution < -0.4 is 11.5 Å². The van der Waals surface area contributed by atoms with Crippen LogP contribution in [0.15, 0.2) is 84.9 Å². The average molecular weight is 631 g/mol. The van der Waals surface area contributed by atoms with Crippen LogP contribution in [-0.2, 0) is 38.5 Å². The van der Waals surface area contributed by atoms with E-state index in [4.69, 9.17) is 11.5 Å². The third kappa shape index (κ3) is 13.3. The van der Waals surface area contributed by atoms with E-state index in [9.17, 15) is 0 Å². The average Bonchev–Trinajstić information content (AvgIpc) is 3.08. The summed E-state index contributed by atoms with van der Waals surface area (Å²) in [4.78, 5) is 0. The minimum absolute atomic E-state index is 0.884. The van der Waals surface area contributed by atoms with Crippen molar-refractivity contribution in [1.29, 1.82) is 0 Å². The molecule has 0 fully saturated rings. The van der Waals surface area contributed by atoms with Gasteiger partial charge in [0, 0.05) is 11.4 Å². The standard InChI is InChI=1S/C45H62N2/c1-3-5-12-18-40-34-44(46)30-28-42(40)32-38-24-20-36(21-25-38)16-14-10-8-7-9-11-15-17-37-22-26-39(27-23-37)33-43-29-31-45(47)35-41(43)19-13-6-4-2/h20-31,34-35H,3-19,32-33,46-47H2,1-2H3. The molecule has 0 spiro atoms. The summed E-state index contributed by atoms with van der Waals surface area (Å²) in [6, 6.07) is 31.7. The Bertz CT molecular complexity index is 1320. The van der Waals surface area contributed by atoms with Crippen molar-refractivity contribution in [1.82, 2.24) is 0 Å². The molecule has 0 saturated heterocycles. The zero-order valence-corrected chi connectivity index (χ0v) is 29.7. The highest BCUT2D eigenvalue weighted by Crippen LogP contribution is 2.23. The topological polar surface area (TPSA) is 52.0 Å². The van der Waals surface area contributed by atoms with Gasteiger partial charge in [0.2, 0.25) is 0 Å². The highest BCUT2D eigenvalue weighted by Gasteiger charge is 2.07. The molecule has 0 aliphatic heterocycles. The van der Waals surface area contributed by atoms with E-state index in [0.717, 1.165) is 37.1 Å². The van der Waals surface area contributed by atoms with Gasteiger partial charge in [0.15, 0.2) is 0 Å². The summed E-state index contributed by atoms with van der Waals surface area (Å²) in [5, 5.41) is 0. The van der Waals surface area contributed by atoms with Crippen LogP contribution in [0.2, 0.25) is 0 Å². The molecule has 0 amide bonds. The second-order valence-electron chi connectivity index (χ2n) is 13.9. The van der Waals surface area contributed by atoms with Crippen LogP contribution in [0.1, 0.15) is 142 Å². The van der Waals surface area contributed by atoms with Crippen LogP contribution in [0, 0.1) is 0 Å². The molecule has 4 aromatic rings. The first-order chi connectivity index (χ1) is 23.0. The molecule has 252 valence electrons. The molecule has 0 unspecified atom stereocenters. The van der Waals surface area contributed by atoms with Gasteiger partial charge in [0.05, 0.1) is 0 Å². The number of benzene rings is 4. The second-order valence-corrected chi connectivity index (χ2v) is 13.9. The van der Waals surface area contributed by atoms with E-state index in [-0.39, 0.29) is 0 Å². The first kappa shape index (κ1) is 36.3. The maximum Gasteiger partial charge on any atom is 0.0316 e. The maximum atomic E-state index is 6.10. The van der Waals surface area contributed by atoms with E-state index in [2.05, 4.69) is 98.8 Å². The fraction of sp³-hybridized carbons (Fsp3) is 0.467. The van der Waals surface area contributed by atoms with E-state index in [0.29, 0.717) is 0 Å². The molecule has 0 radical (unpaired) electrons. The van der Waals surface area contributed by atoms with Crippen molar-refractivity contribution in [2.45, 2.75) is 136 Å². The normalized spacial score (nSPS) is 11.3. The molecule has 2 heteroatoms. The number of nitrogen functional groups attached to an aromatic ring is 2. The maximum absolute atomic E-state index is 6.10. The first-order valence-corrected chi connectivity index (χ1v) is 18.9. The molecule has 4 rings (SSSR count). The van der Waals surface area contributed by atoms with Gasteiger partial charge in [0.1, 0.15) is 0 Å². The lowest BCUT2D eigenvalue weighted by Gasteiger charge is -2.12. The number of hydrogen-bond donors (Lipinski definition) is 2. The Kier molecular flexibility index (Phi) is 16.0. The number of unbranched alkanes of at least 4 members (excludes halogenated alkanes) is 10. The van der Waals surface area contributed by atoms with Crippen molar-refractivity contribution in [2.24, 2.45) is 0 Å². The summed E-state index contributed by atoms with van der Waals surface area (Å²) in [6.45, 7) is 4.53. The molecule has 0 bridgehead atoms. The molecule has 47 heavy (non-hydrogen) atoms. The monoisotopic (exact) mass is 630 g/mol. The molecule has 0 aliphatic carbocycles. The third-order valence-corrected chi connectivity index (χ3v) is 9.83. The molecule has 0 atom stereocenters. The Labute approximate surface area is 287 Å². The number of aryl methyl sites for hydroxylation is 4. The molecule has 4 N–H and O–H groups in total. The minimum Gasteiger partial charge on any atom is -0.399 e. The zero-order valence-electron chi connectivity index (χ0n) is 29.7. The Balaban J connectivity index is 1.07. The van der Waals surface area contributed by atoms with E-state index < -0.39 is 0 Å². The van der Waals surface area contributed by atoms with Crippen LogP contribution in [0.25, 0.3) is 0 Å². The van der Waals surface area contributed by atoms with Crippen molar-refractivity contribution in [3.63, 3.8) is 0 Å².